The molecule has 3 heterocycles. The van der Waals surface area contributed by atoms with Gasteiger partial charge < -0.3 is 10.2 Å². The summed E-state index contributed by atoms with van der Waals surface area (Å²) in [4.78, 5) is 23.5. The SMILES string of the molecule is Cc1nc(C)n([C@@H]2CCCN(C(=O)c3ccc(NC4CC4)nc3)C2)n1. The molecule has 1 atom stereocenters. The molecule has 7 heteroatoms. The number of amides is 1. The van der Waals surface area contributed by atoms with E-state index in [1.54, 1.807) is 6.20 Å². The molecule has 0 radical (unpaired) electrons. The number of piperidine rings is 1. The molecule has 1 saturated carbocycles. The minimum atomic E-state index is 0.0460. The van der Waals surface area contributed by atoms with E-state index in [1.165, 1.54) is 12.8 Å². The highest BCUT2D eigenvalue weighted by atomic mass is 16.2. The van der Waals surface area contributed by atoms with E-state index in [1.807, 2.05) is 35.6 Å². The lowest BCUT2D eigenvalue weighted by atomic mass is 10.0. The standard InChI is InChI=1S/C18H24N6O/c1-12-20-13(2)24(22-12)16-4-3-9-23(11-16)18(25)14-5-8-17(19-10-14)21-15-6-7-15/h5,8,10,15-16H,3-4,6-7,9,11H2,1-2H3,(H,19,21)/t16-/m1/s1. The van der Waals surface area contributed by atoms with Crippen LogP contribution in [0.2, 0.25) is 0 Å². The molecule has 0 bridgehead atoms. The fourth-order valence-corrected chi connectivity index (χ4v) is 3.45. The number of hydrogen-bond donors (Lipinski definition) is 1. The Morgan fingerprint density at radius 2 is 2.08 bits per heavy atom. The van der Waals surface area contributed by atoms with Crippen molar-refractivity contribution in [1.82, 2.24) is 24.6 Å². The molecule has 2 aromatic rings. The first-order valence-corrected chi connectivity index (χ1v) is 9.02. The number of carbonyl (C=O) groups excluding carboxylic acids is 1. The van der Waals surface area contributed by atoms with Crippen molar-refractivity contribution in [3.05, 3.63) is 35.5 Å². The first-order valence-electron chi connectivity index (χ1n) is 9.02. The van der Waals surface area contributed by atoms with Crippen LogP contribution in [0.25, 0.3) is 0 Å². The minimum Gasteiger partial charge on any atom is -0.367 e. The number of hydrogen-bond acceptors (Lipinski definition) is 5. The number of anilines is 1. The Morgan fingerprint density at radius 3 is 2.72 bits per heavy atom. The summed E-state index contributed by atoms with van der Waals surface area (Å²) in [5.41, 5.74) is 0.647. The van der Waals surface area contributed by atoms with Gasteiger partial charge in [0.1, 0.15) is 17.5 Å². The molecule has 2 aromatic heterocycles. The topological polar surface area (TPSA) is 75.9 Å². The van der Waals surface area contributed by atoms with Crippen molar-refractivity contribution in [2.24, 2.45) is 0 Å². The fraction of sp³-hybridized carbons (Fsp3) is 0.556. The molecule has 0 spiro atoms. The maximum Gasteiger partial charge on any atom is 0.255 e. The molecule has 4 rings (SSSR count). The number of nitrogens with one attached hydrogen (secondary N) is 1. The maximum atomic E-state index is 12.8. The van der Waals surface area contributed by atoms with Crippen molar-refractivity contribution >= 4 is 11.7 Å². The average Bonchev–Trinajstić information content (AvgIpc) is 3.37. The third-order valence-corrected chi connectivity index (χ3v) is 4.88. The number of rotatable bonds is 4. The fourth-order valence-electron chi connectivity index (χ4n) is 3.45. The first-order chi connectivity index (χ1) is 12.1. The summed E-state index contributed by atoms with van der Waals surface area (Å²) in [6.07, 6.45) is 6.10. The van der Waals surface area contributed by atoms with Gasteiger partial charge in [-0.3, -0.25) is 4.79 Å². The summed E-state index contributed by atoms with van der Waals surface area (Å²) >= 11 is 0. The second-order valence-corrected chi connectivity index (χ2v) is 7.05. The molecule has 1 saturated heterocycles. The van der Waals surface area contributed by atoms with Gasteiger partial charge in [-0.15, -0.1) is 0 Å². The summed E-state index contributed by atoms with van der Waals surface area (Å²) in [7, 11) is 0. The molecule has 0 aromatic carbocycles. The molecule has 25 heavy (non-hydrogen) atoms. The summed E-state index contributed by atoms with van der Waals surface area (Å²) < 4.78 is 1.97. The molecule has 0 unspecified atom stereocenters. The van der Waals surface area contributed by atoms with Crippen LogP contribution in [0, 0.1) is 13.8 Å². The lowest BCUT2D eigenvalue weighted by molar-refractivity contribution is 0.0671. The molecule has 1 amide bonds. The number of aromatic nitrogens is 4. The number of nitrogens with zero attached hydrogens (tertiary/aromatic N) is 5. The van der Waals surface area contributed by atoms with Gasteiger partial charge in [-0.05, 0) is 51.7 Å². The van der Waals surface area contributed by atoms with E-state index in [2.05, 4.69) is 20.4 Å². The summed E-state index contributed by atoms with van der Waals surface area (Å²) in [5.74, 6) is 2.59. The van der Waals surface area contributed by atoms with Gasteiger partial charge >= 0.3 is 0 Å². The van der Waals surface area contributed by atoms with Crippen molar-refractivity contribution in [3.63, 3.8) is 0 Å². The summed E-state index contributed by atoms with van der Waals surface area (Å²) in [6, 6.07) is 4.53. The number of aryl methyl sites for hydroxylation is 2. The van der Waals surface area contributed by atoms with Gasteiger partial charge in [-0.25, -0.2) is 14.6 Å². The van der Waals surface area contributed by atoms with Crippen LogP contribution in [0.4, 0.5) is 5.82 Å². The Labute approximate surface area is 147 Å². The van der Waals surface area contributed by atoms with Crippen LogP contribution >= 0.6 is 0 Å². The quantitative estimate of drug-likeness (QED) is 0.924. The highest BCUT2D eigenvalue weighted by Gasteiger charge is 2.27. The Bertz CT molecular complexity index is 764. The molecular weight excluding hydrogens is 316 g/mol. The number of carbonyl (C=O) groups is 1. The van der Waals surface area contributed by atoms with Crippen molar-refractivity contribution in [2.75, 3.05) is 18.4 Å². The first kappa shape index (κ1) is 16.1. The third-order valence-electron chi connectivity index (χ3n) is 4.88. The third kappa shape index (κ3) is 3.50. The van der Waals surface area contributed by atoms with Crippen LogP contribution < -0.4 is 5.32 Å². The van der Waals surface area contributed by atoms with Crippen LogP contribution in [-0.2, 0) is 0 Å². The van der Waals surface area contributed by atoms with Crippen molar-refractivity contribution < 1.29 is 4.79 Å². The zero-order chi connectivity index (χ0) is 17.4. The molecule has 2 aliphatic rings. The van der Waals surface area contributed by atoms with Gasteiger partial charge in [0, 0.05) is 25.3 Å². The predicted octanol–water partition coefficient (Wildman–Crippen LogP) is 2.34. The Balaban J connectivity index is 1.44. The zero-order valence-electron chi connectivity index (χ0n) is 14.8. The smallest absolute Gasteiger partial charge is 0.255 e. The zero-order valence-corrected chi connectivity index (χ0v) is 14.8. The normalized spacial score (nSPS) is 20.6. The second-order valence-electron chi connectivity index (χ2n) is 7.05. The summed E-state index contributed by atoms with van der Waals surface area (Å²) in [6.45, 7) is 5.32. The van der Waals surface area contributed by atoms with E-state index in [-0.39, 0.29) is 11.9 Å². The molecule has 132 valence electrons. The van der Waals surface area contributed by atoms with E-state index < -0.39 is 0 Å². The van der Waals surface area contributed by atoms with Crippen molar-refractivity contribution in [2.45, 2.75) is 51.6 Å². The van der Waals surface area contributed by atoms with Gasteiger partial charge in [0.05, 0.1) is 11.6 Å². The van der Waals surface area contributed by atoms with Gasteiger partial charge in [-0.2, -0.15) is 5.10 Å². The van der Waals surface area contributed by atoms with Gasteiger partial charge in [0.25, 0.3) is 5.91 Å². The van der Waals surface area contributed by atoms with Crippen LogP contribution in [0.1, 0.15) is 53.7 Å². The van der Waals surface area contributed by atoms with E-state index >= 15 is 0 Å². The second kappa shape index (κ2) is 6.46. The van der Waals surface area contributed by atoms with Crippen LogP contribution in [0.5, 0.6) is 0 Å². The van der Waals surface area contributed by atoms with Crippen LogP contribution in [0.15, 0.2) is 18.3 Å². The van der Waals surface area contributed by atoms with Crippen molar-refractivity contribution in [1.29, 1.82) is 0 Å². The van der Waals surface area contributed by atoms with Crippen molar-refractivity contribution in [3.8, 4) is 0 Å². The lowest BCUT2D eigenvalue weighted by Crippen LogP contribution is -2.41. The van der Waals surface area contributed by atoms with Gasteiger partial charge in [0.15, 0.2) is 0 Å². The molecule has 2 fully saturated rings. The average molecular weight is 340 g/mol. The minimum absolute atomic E-state index is 0.0460. The number of pyridine rings is 1. The van der Waals surface area contributed by atoms with Crippen LogP contribution in [-0.4, -0.2) is 49.7 Å². The Kier molecular flexibility index (Phi) is 4.15. The molecular formula is C18H24N6O. The Morgan fingerprint density at radius 1 is 1.24 bits per heavy atom. The lowest BCUT2D eigenvalue weighted by Gasteiger charge is -2.33. The van der Waals surface area contributed by atoms with Crippen LogP contribution in [0.3, 0.4) is 0 Å². The maximum absolute atomic E-state index is 12.8. The molecule has 7 nitrogen and oxygen atoms in total. The number of likely N-dealkylation sites (tertiary alicyclic amines) is 1. The van der Waals surface area contributed by atoms with E-state index in [9.17, 15) is 4.79 Å². The van der Waals surface area contributed by atoms with Gasteiger partial charge in [0.2, 0.25) is 0 Å². The highest BCUT2D eigenvalue weighted by molar-refractivity contribution is 5.94. The molecule has 1 aliphatic heterocycles. The monoisotopic (exact) mass is 340 g/mol. The highest BCUT2D eigenvalue weighted by Crippen LogP contribution is 2.25. The largest absolute Gasteiger partial charge is 0.367 e. The summed E-state index contributed by atoms with van der Waals surface area (Å²) in [5, 5.41) is 7.84. The predicted molar refractivity (Wildman–Crippen MR) is 94.6 cm³/mol. The van der Waals surface area contributed by atoms with E-state index in [0.717, 1.165) is 36.9 Å². The van der Waals surface area contributed by atoms with Gasteiger partial charge in [-0.1, -0.05) is 0 Å². The molecule has 1 aliphatic carbocycles. The Hall–Kier alpha value is -2.44. The molecule has 1 N–H and O–H groups in total. The van der Waals surface area contributed by atoms with E-state index in [0.29, 0.717) is 18.2 Å². The van der Waals surface area contributed by atoms with E-state index in [4.69, 9.17) is 0 Å².